The Morgan fingerprint density at radius 2 is 2.18 bits per heavy atom. The van der Waals surface area contributed by atoms with Crippen LogP contribution < -0.4 is 0 Å². The van der Waals surface area contributed by atoms with Crippen LogP contribution in [0.25, 0.3) is 0 Å². The first-order valence-electron chi connectivity index (χ1n) is 6.14. The maximum Gasteiger partial charge on any atom is 0.309 e. The van der Waals surface area contributed by atoms with E-state index < -0.39 is 18.0 Å². The first kappa shape index (κ1) is 12.1. The van der Waals surface area contributed by atoms with Crippen molar-refractivity contribution in [2.75, 3.05) is 0 Å². The zero-order valence-electron chi connectivity index (χ0n) is 9.97. The molecule has 0 bridgehead atoms. The highest BCUT2D eigenvalue weighted by Crippen LogP contribution is 2.41. The molecule has 2 N–H and O–H groups in total. The van der Waals surface area contributed by atoms with Crippen LogP contribution in [-0.2, 0) is 4.79 Å². The lowest BCUT2D eigenvalue weighted by atomic mass is 9.92. The maximum atomic E-state index is 11.0. The Balaban J connectivity index is 2.19. The van der Waals surface area contributed by atoms with Gasteiger partial charge in [0, 0.05) is 0 Å². The topological polar surface area (TPSA) is 57.5 Å². The summed E-state index contributed by atoms with van der Waals surface area (Å²) in [5.41, 5.74) is 1.95. The molecule has 1 aliphatic carbocycles. The minimum absolute atomic E-state index is 0.435. The Morgan fingerprint density at radius 1 is 1.47 bits per heavy atom. The minimum atomic E-state index is -0.933. The standard InChI is InChI=1S/C14H18O3/c1-2-12(14(16)17)13(15)11-5-3-4-10(8-11)9-6-7-9/h3-5,8-9,12-13,15H,2,6-7H2,1H3,(H,16,17). The summed E-state index contributed by atoms with van der Waals surface area (Å²) in [5, 5.41) is 19.1. The fourth-order valence-corrected chi connectivity index (χ4v) is 2.18. The molecule has 1 fully saturated rings. The van der Waals surface area contributed by atoms with E-state index in [0.29, 0.717) is 12.3 Å². The molecule has 0 amide bonds. The Hall–Kier alpha value is -1.35. The van der Waals surface area contributed by atoms with Crippen molar-refractivity contribution in [2.45, 2.75) is 38.2 Å². The molecule has 0 saturated heterocycles. The van der Waals surface area contributed by atoms with Crippen LogP contribution in [-0.4, -0.2) is 16.2 Å². The second-order valence-electron chi connectivity index (χ2n) is 4.74. The van der Waals surface area contributed by atoms with Gasteiger partial charge >= 0.3 is 5.97 Å². The number of benzene rings is 1. The van der Waals surface area contributed by atoms with Crippen molar-refractivity contribution in [1.29, 1.82) is 0 Å². The number of carboxylic acids is 1. The monoisotopic (exact) mass is 234 g/mol. The third-order valence-electron chi connectivity index (χ3n) is 3.44. The summed E-state index contributed by atoms with van der Waals surface area (Å²) in [4.78, 5) is 11.0. The summed E-state index contributed by atoms with van der Waals surface area (Å²) in [5.74, 6) is -1.03. The largest absolute Gasteiger partial charge is 0.481 e. The molecule has 1 aromatic rings. The number of aliphatic hydroxyl groups excluding tert-OH is 1. The normalized spacial score (nSPS) is 18.7. The molecule has 2 rings (SSSR count). The van der Waals surface area contributed by atoms with Crippen LogP contribution in [0.3, 0.4) is 0 Å². The van der Waals surface area contributed by atoms with Crippen LogP contribution in [0, 0.1) is 5.92 Å². The molecular weight excluding hydrogens is 216 g/mol. The molecule has 2 unspecified atom stereocenters. The van der Waals surface area contributed by atoms with Gasteiger partial charge in [0.1, 0.15) is 0 Å². The van der Waals surface area contributed by atoms with Crippen molar-refractivity contribution >= 4 is 5.97 Å². The smallest absolute Gasteiger partial charge is 0.309 e. The van der Waals surface area contributed by atoms with Crippen LogP contribution in [0.2, 0.25) is 0 Å². The molecule has 92 valence electrons. The summed E-state index contributed by atoms with van der Waals surface area (Å²) in [7, 11) is 0. The molecule has 0 heterocycles. The molecule has 0 aromatic heterocycles. The van der Waals surface area contributed by atoms with Gasteiger partial charge in [-0.15, -0.1) is 0 Å². The van der Waals surface area contributed by atoms with E-state index in [1.807, 2.05) is 18.2 Å². The second-order valence-corrected chi connectivity index (χ2v) is 4.74. The first-order valence-corrected chi connectivity index (χ1v) is 6.14. The molecule has 1 aromatic carbocycles. The van der Waals surface area contributed by atoms with Crippen molar-refractivity contribution in [3.05, 3.63) is 35.4 Å². The van der Waals surface area contributed by atoms with E-state index in [1.54, 1.807) is 6.92 Å². The number of carboxylic acid groups (broad SMARTS) is 1. The fourth-order valence-electron chi connectivity index (χ4n) is 2.18. The van der Waals surface area contributed by atoms with Crippen LogP contribution in [0.5, 0.6) is 0 Å². The van der Waals surface area contributed by atoms with Gasteiger partial charge in [-0.2, -0.15) is 0 Å². The molecule has 0 spiro atoms. The second kappa shape index (κ2) is 4.88. The van der Waals surface area contributed by atoms with Crippen LogP contribution in [0.15, 0.2) is 24.3 Å². The predicted octanol–water partition coefficient (Wildman–Crippen LogP) is 2.71. The molecule has 3 nitrogen and oxygen atoms in total. The summed E-state index contributed by atoms with van der Waals surface area (Å²) in [6.45, 7) is 1.78. The molecule has 1 aliphatic rings. The van der Waals surface area contributed by atoms with Gasteiger partial charge in [0.15, 0.2) is 0 Å². The van der Waals surface area contributed by atoms with Crippen molar-refractivity contribution in [1.82, 2.24) is 0 Å². The Labute approximate surface area is 101 Å². The Morgan fingerprint density at radius 3 is 2.71 bits per heavy atom. The highest BCUT2D eigenvalue weighted by Gasteiger charge is 2.28. The van der Waals surface area contributed by atoms with Gasteiger partial charge < -0.3 is 10.2 Å². The highest BCUT2D eigenvalue weighted by atomic mass is 16.4. The fraction of sp³-hybridized carbons (Fsp3) is 0.500. The van der Waals surface area contributed by atoms with E-state index in [1.165, 1.54) is 18.4 Å². The van der Waals surface area contributed by atoms with E-state index in [-0.39, 0.29) is 0 Å². The first-order chi connectivity index (χ1) is 8.13. The SMILES string of the molecule is CCC(C(=O)O)C(O)c1cccc(C2CC2)c1. The van der Waals surface area contributed by atoms with Crippen LogP contribution >= 0.6 is 0 Å². The summed E-state index contributed by atoms with van der Waals surface area (Å²) in [6, 6.07) is 7.71. The molecule has 2 atom stereocenters. The molecule has 0 aliphatic heterocycles. The van der Waals surface area contributed by atoms with Crippen LogP contribution in [0.1, 0.15) is 49.3 Å². The third kappa shape index (κ3) is 2.67. The van der Waals surface area contributed by atoms with Crippen molar-refractivity contribution in [2.24, 2.45) is 5.92 Å². The average molecular weight is 234 g/mol. The van der Waals surface area contributed by atoms with Gasteiger partial charge in [0.05, 0.1) is 12.0 Å². The van der Waals surface area contributed by atoms with E-state index in [4.69, 9.17) is 5.11 Å². The summed E-state index contributed by atoms with van der Waals surface area (Å²) < 4.78 is 0. The zero-order valence-corrected chi connectivity index (χ0v) is 9.97. The molecular formula is C14H18O3. The van der Waals surface area contributed by atoms with Gasteiger partial charge in [0.25, 0.3) is 0 Å². The number of carbonyl (C=O) groups is 1. The molecule has 17 heavy (non-hydrogen) atoms. The zero-order chi connectivity index (χ0) is 12.4. The maximum absolute atomic E-state index is 11.0. The van der Waals surface area contributed by atoms with Gasteiger partial charge in [-0.3, -0.25) is 4.79 Å². The van der Waals surface area contributed by atoms with Gasteiger partial charge in [-0.05, 0) is 36.3 Å². The Kier molecular flexibility index (Phi) is 3.48. The number of rotatable bonds is 5. The number of aliphatic hydroxyl groups is 1. The lowest BCUT2D eigenvalue weighted by Crippen LogP contribution is -2.21. The molecule has 0 radical (unpaired) electrons. The van der Waals surface area contributed by atoms with E-state index in [9.17, 15) is 9.90 Å². The highest BCUT2D eigenvalue weighted by molar-refractivity contribution is 5.71. The van der Waals surface area contributed by atoms with Crippen LogP contribution in [0.4, 0.5) is 0 Å². The molecule has 3 heteroatoms. The Bertz CT molecular complexity index is 410. The third-order valence-corrected chi connectivity index (χ3v) is 3.44. The number of hydrogen-bond acceptors (Lipinski definition) is 2. The lowest BCUT2D eigenvalue weighted by Gasteiger charge is -2.18. The quantitative estimate of drug-likeness (QED) is 0.823. The summed E-state index contributed by atoms with van der Waals surface area (Å²) in [6.07, 6.45) is 1.94. The van der Waals surface area contributed by atoms with Crippen molar-refractivity contribution in [3.8, 4) is 0 Å². The number of hydrogen-bond donors (Lipinski definition) is 2. The summed E-state index contributed by atoms with van der Waals surface area (Å²) >= 11 is 0. The van der Waals surface area contributed by atoms with Crippen molar-refractivity contribution in [3.63, 3.8) is 0 Å². The predicted molar refractivity (Wildman–Crippen MR) is 64.8 cm³/mol. The van der Waals surface area contributed by atoms with Crippen molar-refractivity contribution < 1.29 is 15.0 Å². The number of aliphatic carboxylic acids is 1. The van der Waals surface area contributed by atoms with Gasteiger partial charge in [-0.25, -0.2) is 0 Å². The van der Waals surface area contributed by atoms with Gasteiger partial charge in [-0.1, -0.05) is 31.2 Å². The van der Waals surface area contributed by atoms with E-state index in [0.717, 1.165) is 5.56 Å². The molecule has 1 saturated carbocycles. The minimum Gasteiger partial charge on any atom is -0.481 e. The average Bonchev–Trinajstić information content (AvgIpc) is 3.13. The lowest BCUT2D eigenvalue weighted by molar-refractivity contribution is -0.146. The van der Waals surface area contributed by atoms with E-state index in [2.05, 4.69) is 6.07 Å². The van der Waals surface area contributed by atoms with Gasteiger partial charge in [0.2, 0.25) is 0 Å². The van der Waals surface area contributed by atoms with E-state index >= 15 is 0 Å².